The van der Waals surface area contributed by atoms with Crippen LogP contribution in [0.1, 0.15) is 32.4 Å². The van der Waals surface area contributed by atoms with Crippen molar-refractivity contribution in [2.24, 2.45) is 11.8 Å². The van der Waals surface area contributed by atoms with Crippen LogP contribution in [0.3, 0.4) is 0 Å². The lowest BCUT2D eigenvalue weighted by Gasteiger charge is -2.25. The highest BCUT2D eigenvalue weighted by Gasteiger charge is 2.70. The van der Waals surface area contributed by atoms with Crippen LogP contribution in [0.4, 0.5) is 0 Å². The van der Waals surface area contributed by atoms with E-state index >= 15 is 0 Å². The monoisotopic (exact) mass is 361 g/mol. The molecule has 26 heavy (non-hydrogen) atoms. The number of amides is 2. The summed E-state index contributed by atoms with van der Waals surface area (Å²) in [5.41, 5.74) is -0.241. The molecule has 1 aromatic rings. The van der Waals surface area contributed by atoms with Crippen LogP contribution in [0.25, 0.3) is 0 Å². The molecule has 140 valence electrons. The van der Waals surface area contributed by atoms with Crippen molar-refractivity contribution >= 4 is 17.8 Å². The molecule has 1 aromatic carbocycles. The maximum absolute atomic E-state index is 12.9. The van der Waals surface area contributed by atoms with Crippen LogP contribution in [0.2, 0.25) is 0 Å². The van der Waals surface area contributed by atoms with Gasteiger partial charge in [-0.05, 0) is 38.1 Å². The molecule has 2 fully saturated rings. The van der Waals surface area contributed by atoms with Gasteiger partial charge in [-0.2, -0.15) is 0 Å². The second-order valence-corrected chi connectivity index (χ2v) is 6.89. The molecule has 0 aliphatic carbocycles. The summed E-state index contributed by atoms with van der Waals surface area (Å²) in [6.45, 7) is 5.74. The van der Waals surface area contributed by atoms with Crippen LogP contribution in [-0.2, 0) is 19.1 Å². The van der Waals surface area contributed by atoms with E-state index in [4.69, 9.17) is 9.47 Å². The third kappa shape index (κ3) is 2.58. The van der Waals surface area contributed by atoms with Gasteiger partial charge in [0.05, 0.1) is 13.7 Å². The number of likely N-dealkylation sites (tertiary alicyclic amines) is 1. The number of benzene rings is 1. The van der Waals surface area contributed by atoms with Gasteiger partial charge in [0.2, 0.25) is 17.4 Å². The number of nitrogens with two attached hydrogens (primary N) is 1. The van der Waals surface area contributed by atoms with E-state index in [9.17, 15) is 14.4 Å². The third-order valence-electron chi connectivity index (χ3n) is 5.53. The maximum Gasteiger partial charge on any atom is 0.368 e. The Bertz CT molecular complexity index is 732. The molecule has 2 amide bonds. The van der Waals surface area contributed by atoms with E-state index in [-0.39, 0.29) is 24.5 Å². The quantitative estimate of drug-likeness (QED) is 0.600. The Labute approximate surface area is 152 Å². The first-order valence-electron chi connectivity index (χ1n) is 8.91. The molecule has 2 aliphatic heterocycles. The first-order chi connectivity index (χ1) is 12.4. The van der Waals surface area contributed by atoms with Crippen molar-refractivity contribution in [2.75, 3.05) is 20.3 Å². The number of hydrogen-bond acceptors (Lipinski definition) is 5. The number of esters is 1. The first-order valence-corrected chi connectivity index (χ1v) is 8.91. The van der Waals surface area contributed by atoms with Gasteiger partial charge in [-0.15, -0.1) is 0 Å². The minimum absolute atomic E-state index is 0.215. The molecule has 2 N–H and O–H groups in total. The average Bonchev–Trinajstić information content (AvgIpc) is 3.09. The molecule has 2 heterocycles. The highest BCUT2D eigenvalue weighted by molar-refractivity contribution is 6.08. The van der Waals surface area contributed by atoms with E-state index in [2.05, 4.69) is 0 Å². The molecular weight excluding hydrogens is 336 g/mol. The Balaban J connectivity index is 2.04. The normalized spacial score (nSPS) is 30.5. The van der Waals surface area contributed by atoms with E-state index in [1.54, 1.807) is 27.9 Å². The summed E-state index contributed by atoms with van der Waals surface area (Å²) in [6, 6.07) is 7.06. The summed E-state index contributed by atoms with van der Waals surface area (Å²) in [5.74, 6) is -1.55. The number of fused-ring (bicyclic) bond motifs is 1. The second kappa shape index (κ2) is 6.72. The van der Waals surface area contributed by atoms with Crippen molar-refractivity contribution in [1.82, 2.24) is 4.90 Å². The summed E-state index contributed by atoms with van der Waals surface area (Å²) in [7, 11) is 1.59. The van der Waals surface area contributed by atoms with E-state index in [0.717, 1.165) is 5.56 Å². The van der Waals surface area contributed by atoms with Crippen LogP contribution in [0.15, 0.2) is 24.3 Å². The summed E-state index contributed by atoms with van der Waals surface area (Å²) in [4.78, 5) is 39.7. The van der Waals surface area contributed by atoms with E-state index in [0.29, 0.717) is 12.3 Å². The van der Waals surface area contributed by atoms with Gasteiger partial charge < -0.3 is 14.8 Å². The predicted molar refractivity (Wildman–Crippen MR) is 92.1 cm³/mol. The summed E-state index contributed by atoms with van der Waals surface area (Å²) in [5, 5.41) is 1.82. The summed E-state index contributed by atoms with van der Waals surface area (Å²) in [6.07, 6.45) is 0. The third-order valence-corrected chi connectivity index (χ3v) is 5.53. The zero-order valence-electron chi connectivity index (χ0n) is 15.5. The predicted octanol–water partition coefficient (Wildman–Crippen LogP) is 0.256. The molecule has 3 rings (SSSR count). The Morgan fingerprint density at radius 2 is 1.85 bits per heavy atom. The molecule has 7 heteroatoms. The molecule has 0 aromatic heterocycles. The molecular formula is C19H25N2O5+. The number of imide groups is 1. The van der Waals surface area contributed by atoms with E-state index in [1.165, 1.54) is 4.90 Å². The van der Waals surface area contributed by atoms with Crippen molar-refractivity contribution < 1.29 is 29.2 Å². The molecule has 0 bridgehead atoms. The molecule has 7 nitrogen and oxygen atoms in total. The van der Waals surface area contributed by atoms with Gasteiger partial charge in [-0.3, -0.25) is 14.5 Å². The Morgan fingerprint density at radius 3 is 2.38 bits per heavy atom. The number of rotatable bonds is 5. The summed E-state index contributed by atoms with van der Waals surface area (Å²) < 4.78 is 10.4. The Kier molecular flexibility index (Phi) is 4.75. The van der Waals surface area contributed by atoms with Crippen molar-refractivity contribution in [1.29, 1.82) is 0 Å². The van der Waals surface area contributed by atoms with Crippen molar-refractivity contribution in [2.45, 2.75) is 32.4 Å². The number of quaternary nitrogens is 1. The highest BCUT2D eigenvalue weighted by atomic mass is 16.5. The van der Waals surface area contributed by atoms with Gasteiger partial charge in [0.25, 0.3) is 0 Å². The molecule has 0 spiro atoms. The van der Waals surface area contributed by atoms with Crippen molar-refractivity contribution in [3.63, 3.8) is 0 Å². The fourth-order valence-electron chi connectivity index (χ4n) is 4.25. The minimum atomic E-state index is -1.12. The van der Waals surface area contributed by atoms with Gasteiger partial charge >= 0.3 is 5.97 Å². The standard InChI is InChI=1S/C19H24N2O5/c1-5-21-16(22)13-14(17(21)23)19(3,18(24)26-6-2)20-15(13)11-7-9-12(25-4)10-8-11/h7-10,13-15,20H,5-6H2,1-4H3/p+1/t13-,14+,15+,19+/m0/s1. The van der Waals surface area contributed by atoms with Crippen LogP contribution < -0.4 is 10.1 Å². The molecule has 4 atom stereocenters. The largest absolute Gasteiger partial charge is 0.497 e. The van der Waals surface area contributed by atoms with Gasteiger partial charge in [-0.25, -0.2) is 4.79 Å². The SMILES string of the molecule is CCOC(=O)[C@]1(C)[NH2+][C@H](c2ccc(OC)cc2)[C@H]2C(=O)N(CC)C(=O)[C@@H]21. The lowest BCUT2D eigenvalue weighted by molar-refractivity contribution is -0.731. The van der Waals surface area contributed by atoms with E-state index in [1.807, 2.05) is 29.6 Å². The molecule has 2 saturated heterocycles. The number of carbonyl (C=O) groups excluding carboxylic acids is 3. The van der Waals surface area contributed by atoms with Crippen LogP contribution in [0.5, 0.6) is 5.75 Å². The number of nitrogens with zero attached hydrogens (tertiary/aromatic N) is 1. The smallest absolute Gasteiger partial charge is 0.368 e. The zero-order valence-corrected chi connectivity index (χ0v) is 15.5. The van der Waals surface area contributed by atoms with Gasteiger partial charge in [0.1, 0.15) is 23.6 Å². The minimum Gasteiger partial charge on any atom is -0.497 e. The second-order valence-electron chi connectivity index (χ2n) is 6.89. The fourth-order valence-corrected chi connectivity index (χ4v) is 4.25. The van der Waals surface area contributed by atoms with Gasteiger partial charge in [0.15, 0.2) is 0 Å². The van der Waals surface area contributed by atoms with Gasteiger partial charge in [-0.1, -0.05) is 0 Å². The molecule has 0 radical (unpaired) electrons. The topological polar surface area (TPSA) is 89.5 Å². The Hall–Kier alpha value is -2.41. The first kappa shape index (κ1) is 18.4. The number of carbonyl (C=O) groups is 3. The highest BCUT2D eigenvalue weighted by Crippen LogP contribution is 2.44. The summed E-state index contributed by atoms with van der Waals surface area (Å²) >= 11 is 0. The van der Waals surface area contributed by atoms with Crippen LogP contribution in [0, 0.1) is 11.8 Å². The number of ether oxygens (including phenoxy) is 2. The maximum atomic E-state index is 12.9. The van der Waals surface area contributed by atoms with E-state index < -0.39 is 23.3 Å². The zero-order chi connectivity index (χ0) is 19.1. The number of methoxy groups -OCH3 is 1. The van der Waals surface area contributed by atoms with Gasteiger partial charge in [0, 0.05) is 19.0 Å². The molecule has 2 aliphatic rings. The van der Waals surface area contributed by atoms with Crippen LogP contribution >= 0.6 is 0 Å². The van der Waals surface area contributed by atoms with Crippen molar-refractivity contribution in [3.05, 3.63) is 29.8 Å². The lowest BCUT2D eigenvalue weighted by Crippen LogP contribution is -2.97. The van der Waals surface area contributed by atoms with Crippen LogP contribution in [-0.4, -0.2) is 48.5 Å². The number of hydrogen-bond donors (Lipinski definition) is 1. The molecule has 0 unspecified atom stereocenters. The lowest BCUT2D eigenvalue weighted by atomic mass is 9.80. The fraction of sp³-hybridized carbons (Fsp3) is 0.526. The Morgan fingerprint density at radius 1 is 1.19 bits per heavy atom. The average molecular weight is 361 g/mol. The molecule has 0 saturated carbocycles. The van der Waals surface area contributed by atoms with Crippen molar-refractivity contribution in [3.8, 4) is 5.75 Å².